The highest BCUT2D eigenvalue weighted by Crippen LogP contribution is 2.32. The number of carbonyl (C=O) groups is 1. The Bertz CT molecular complexity index is 1450. The van der Waals surface area contributed by atoms with Crippen molar-refractivity contribution in [1.29, 1.82) is 0 Å². The predicted molar refractivity (Wildman–Crippen MR) is 176 cm³/mol. The van der Waals surface area contributed by atoms with E-state index in [1.54, 1.807) is 24.3 Å². The molecule has 3 aromatic carbocycles. The molecule has 45 heavy (non-hydrogen) atoms. The summed E-state index contributed by atoms with van der Waals surface area (Å²) in [6.45, 7) is 7.61. The maximum absolute atomic E-state index is 14.6. The van der Waals surface area contributed by atoms with Crippen molar-refractivity contribution in [2.45, 2.75) is 38.8 Å². The van der Waals surface area contributed by atoms with Gasteiger partial charge in [-0.1, -0.05) is 23.7 Å². The summed E-state index contributed by atoms with van der Waals surface area (Å²) in [4.78, 5) is 19.7. The molecule has 0 saturated carbocycles. The van der Waals surface area contributed by atoms with Crippen LogP contribution >= 0.6 is 24.0 Å². The molecule has 5 rings (SSSR count). The monoisotopic (exact) mass is 662 g/mol. The Hall–Kier alpha value is -2.95. The highest BCUT2D eigenvalue weighted by Gasteiger charge is 2.33. The number of piperazine rings is 1. The Balaban J connectivity index is 0.00000461. The van der Waals surface area contributed by atoms with Crippen LogP contribution in [0.15, 0.2) is 54.6 Å². The minimum Gasteiger partial charge on any atom is -0.508 e. The molecule has 0 aliphatic carbocycles. The van der Waals surface area contributed by atoms with E-state index in [4.69, 9.17) is 22.1 Å². The number of ether oxygens (including phenoxy) is 1. The van der Waals surface area contributed by atoms with Gasteiger partial charge in [0.1, 0.15) is 23.1 Å². The number of piperidine rings is 1. The highest BCUT2D eigenvalue weighted by atomic mass is 35.5. The van der Waals surface area contributed by atoms with E-state index in [0.29, 0.717) is 73.2 Å². The zero-order valence-corrected chi connectivity index (χ0v) is 27.1. The van der Waals surface area contributed by atoms with Crippen molar-refractivity contribution in [2.24, 2.45) is 11.7 Å². The first kappa shape index (κ1) is 34.9. The normalized spacial score (nSPS) is 17.1. The van der Waals surface area contributed by atoms with Crippen molar-refractivity contribution in [3.05, 3.63) is 82.4 Å². The van der Waals surface area contributed by atoms with Gasteiger partial charge in [0.25, 0.3) is 0 Å². The van der Waals surface area contributed by atoms with E-state index < -0.39 is 11.9 Å². The lowest BCUT2D eigenvalue weighted by molar-refractivity contribution is -0.136. The molecule has 1 amide bonds. The third kappa shape index (κ3) is 8.65. The topological polar surface area (TPSA) is 82.3 Å². The number of nitrogens with two attached hydrogens (primary N) is 1. The van der Waals surface area contributed by atoms with Crippen molar-refractivity contribution in [3.8, 4) is 22.6 Å². The predicted octanol–water partition coefficient (Wildman–Crippen LogP) is 5.74. The van der Waals surface area contributed by atoms with Crippen molar-refractivity contribution in [1.82, 2.24) is 14.7 Å². The molecule has 244 valence electrons. The summed E-state index contributed by atoms with van der Waals surface area (Å²) in [5.74, 6) is -0.00407. The van der Waals surface area contributed by atoms with Gasteiger partial charge in [-0.25, -0.2) is 8.78 Å². The van der Waals surface area contributed by atoms with Gasteiger partial charge in [0.15, 0.2) is 0 Å². The molecule has 11 heteroatoms. The van der Waals surface area contributed by atoms with Crippen LogP contribution in [0.4, 0.5) is 8.78 Å². The third-order valence-corrected chi connectivity index (χ3v) is 9.11. The molecular weight excluding hydrogens is 621 g/mol. The number of likely N-dealkylation sites (tertiary alicyclic amines) is 1. The van der Waals surface area contributed by atoms with Gasteiger partial charge >= 0.3 is 0 Å². The lowest BCUT2D eigenvalue weighted by Gasteiger charge is -2.39. The van der Waals surface area contributed by atoms with Crippen LogP contribution < -0.4 is 10.5 Å². The minimum absolute atomic E-state index is 0. The molecule has 2 aliphatic rings. The molecule has 2 fully saturated rings. The molecule has 1 unspecified atom stereocenters. The first-order valence-corrected chi connectivity index (χ1v) is 15.8. The first-order valence-electron chi connectivity index (χ1n) is 15.4. The van der Waals surface area contributed by atoms with E-state index in [-0.39, 0.29) is 35.8 Å². The quantitative estimate of drug-likeness (QED) is 0.288. The van der Waals surface area contributed by atoms with Crippen LogP contribution in [-0.2, 0) is 17.8 Å². The molecule has 2 saturated heterocycles. The number of halogens is 4. The van der Waals surface area contributed by atoms with Gasteiger partial charge in [0, 0.05) is 55.4 Å². The molecular formula is C34H42Cl2F2N4O3. The number of nitrogens with zero attached hydrogens (tertiary/aromatic N) is 3. The molecule has 3 aromatic rings. The van der Waals surface area contributed by atoms with Crippen LogP contribution in [0.1, 0.15) is 30.9 Å². The third-order valence-electron chi connectivity index (χ3n) is 8.87. The van der Waals surface area contributed by atoms with Crippen LogP contribution in [0.3, 0.4) is 0 Å². The van der Waals surface area contributed by atoms with Crippen LogP contribution in [0.5, 0.6) is 11.5 Å². The molecule has 0 bridgehead atoms. The van der Waals surface area contributed by atoms with Crippen molar-refractivity contribution < 1.29 is 23.4 Å². The summed E-state index contributed by atoms with van der Waals surface area (Å²) >= 11 is 6.28. The first-order chi connectivity index (χ1) is 21.2. The lowest BCUT2D eigenvalue weighted by atomic mass is 9.88. The molecule has 1 atom stereocenters. The average molecular weight is 664 g/mol. The van der Waals surface area contributed by atoms with Gasteiger partial charge in [-0.15, -0.1) is 12.4 Å². The Morgan fingerprint density at radius 2 is 1.71 bits per heavy atom. The van der Waals surface area contributed by atoms with Crippen LogP contribution in [0.25, 0.3) is 11.1 Å². The number of phenols is 1. The maximum Gasteiger partial charge on any atom is 0.239 e. The highest BCUT2D eigenvalue weighted by molar-refractivity contribution is 6.30. The summed E-state index contributed by atoms with van der Waals surface area (Å²) in [6, 6.07) is 13.8. The second kappa shape index (κ2) is 16.1. The second-order valence-electron chi connectivity index (χ2n) is 11.7. The summed E-state index contributed by atoms with van der Waals surface area (Å²) < 4.78 is 34.7. The Kier molecular flexibility index (Phi) is 12.5. The van der Waals surface area contributed by atoms with Gasteiger partial charge in [-0.3, -0.25) is 9.69 Å². The summed E-state index contributed by atoms with van der Waals surface area (Å²) in [6.07, 6.45) is 2.32. The molecule has 2 aliphatic heterocycles. The number of benzene rings is 3. The largest absolute Gasteiger partial charge is 0.508 e. The van der Waals surface area contributed by atoms with E-state index in [1.807, 2.05) is 17.9 Å². The second-order valence-corrected chi connectivity index (χ2v) is 12.1. The number of carbonyl (C=O) groups excluding carboxylic acids is 1. The fraction of sp³-hybridized carbons (Fsp3) is 0.441. The number of hydrogen-bond acceptors (Lipinski definition) is 6. The molecule has 2 heterocycles. The zero-order valence-electron chi connectivity index (χ0n) is 25.6. The number of amides is 1. The molecule has 7 nitrogen and oxygen atoms in total. The Labute approximate surface area is 275 Å². The average Bonchev–Trinajstić information content (AvgIpc) is 3.03. The smallest absolute Gasteiger partial charge is 0.239 e. The summed E-state index contributed by atoms with van der Waals surface area (Å²) in [7, 11) is 0. The van der Waals surface area contributed by atoms with E-state index in [2.05, 4.69) is 9.80 Å². The maximum atomic E-state index is 14.6. The molecule has 0 spiro atoms. The summed E-state index contributed by atoms with van der Waals surface area (Å²) in [5, 5.41) is 10.5. The van der Waals surface area contributed by atoms with E-state index in [9.17, 15) is 18.7 Å². The minimum atomic E-state index is -0.548. The van der Waals surface area contributed by atoms with Crippen LogP contribution in [0.2, 0.25) is 5.02 Å². The number of rotatable bonds is 10. The van der Waals surface area contributed by atoms with E-state index in [0.717, 1.165) is 38.0 Å². The van der Waals surface area contributed by atoms with Gasteiger partial charge < -0.3 is 25.4 Å². The fourth-order valence-electron chi connectivity index (χ4n) is 6.31. The van der Waals surface area contributed by atoms with Crippen LogP contribution in [-0.4, -0.2) is 84.2 Å². The van der Waals surface area contributed by atoms with Crippen LogP contribution in [0, 0.1) is 17.6 Å². The van der Waals surface area contributed by atoms with Gasteiger partial charge in [-0.05, 0) is 98.8 Å². The zero-order chi connectivity index (χ0) is 31.2. The van der Waals surface area contributed by atoms with Gasteiger partial charge in [-0.2, -0.15) is 0 Å². The van der Waals surface area contributed by atoms with Crippen molar-refractivity contribution in [2.75, 3.05) is 52.4 Å². The Morgan fingerprint density at radius 3 is 2.42 bits per heavy atom. The molecule has 3 N–H and O–H groups in total. The lowest BCUT2D eigenvalue weighted by Crippen LogP contribution is -2.55. The Morgan fingerprint density at radius 1 is 0.978 bits per heavy atom. The van der Waals surface area contributed by atoms with E-state index >= 15 is 0 Å². The number of phenolic OH excluding ortho intramolecular Hbond substituents is 1. The van der Waals surface area contributed by atoms with E-state index in [1.165, 1.54) is 24.3 Å². The van der Waals surface area contributed by atoms with Gasteiger partial charge in [0.2, 0.25) is 5.91 Å². The number of hydrogen-bond donors (Lipinski definition) is 2. The number of aromatic hydroxyl groups is 1. The SMILES string of the molecule is CCOc1cccc(F)c1CN1CCN(C(=O)C(N)C2CCN(CCc3cc(Cl)ccc3-c3cc(O)ccc3F)CC2)CC1.Cl. The molecule has 0 aromatic heterocycles. The fourth-order valence-corrected chi connectivity index (χ4v) is 6.51. The summed E-state index contributed by atoms with van der Waals surface area (Å²) in [5.41, 5.74) is 9.07. The van der Waals surface area contributed by atoms with Crippen molar-refractivity contribution >= 4 is 29.9 Å². The molecule has 0 radical (unpaired) electrons. The van der Waals surface area contributed by atoms with Gasteiger partial charge in [0.05, 0.1) is 12.6 Å². The standard InChI is InChI=1S/C34H41ClF2N4O3.ClH/c1-2-44-32-5-3-4-30(36)29(32)22-40-16-18-41(19-17-40)34(43)33(38)23-10-13-39(14-11-23)15-12-24-20-25(35)6-8-27(24)28-21-26(42)7-9-31(28)37;/h3-9,20-21,23,33,42H,2,10-19,22,38H2,1H3;1H. The van der Waals surface area contributed by atoms with Crippen molar-refractivity contribution in [3.63, 3.8) is 0 Å².